The van der Waals surface area contributed by atoms with Crippen molar-refractivity contribution < 1.29 is 19.1 Å². The molecule has 6 heteroatoms. The van der Waals surface area contributed by atoms with Gasteiger partial charge in [0, 0.05) is 6.54 Å². The van der Waals surface area contributed by atoms with Gasteiger partial charge in [0.1, 0.15) is 6.04 Å². The molecule has 2 fully saturated rings. The Balaban J connectivity index is 1.54. The highest BCUT2D eigenvalue weighted by Gasteiger charge is 2.31. The fourth-order valence-electron chi connectivity index (χ4n) is 4.15. The number of nitrogens with zero attached hydrogens (tertiary/aromatic N) is 1. The van der Waals surface area contributed by atoms with Crippen molar-refractivity contribution in [1.29, 1.82) is 0 Å². The number of primary amides is 1. The topological polar surface area (TPSA) is 89.7 Å². The second-order valence-corrected chi connectivity index (χ2v) is 7.53. The Hall–Kier alpha value is -2.37. The number of ether oxygens (including phenoxy) is 1. The van der Waals surface area contributed by atoms with E-state index in [9.17, 15) is 14.4 Å². The Kier molecular flexibility index (Phi) is 6.48. The molecule has 6 nitrogen and oxygen atoms in total. The van der Waals surface area contributed by atoms with Gasteiger partial charge in [-0.3, -0.25) is 9.59 Å². The van der Waals surface area contributed by atoms with Crippen LogP contribution in [0.3, 0.4) is 0 Å². The summed E-state index contributed by atoms with van der Waals surface area (Å²) >= 11 is 0. The van der Waals surface area contributed by atoms with Gasteiger partial charge in [0.15, 0.2) is 6.61 Å². The molecule has 1 aliphatic carbocycles. The molecule has 2 N–H and O–H groups in total. The molecule has 1 atom stereocenters. The van der Waals surface area contributed by atoms with E-state index in [1.54, 1.807) is 12.1 Å². The molecule has 0 aromatic heterocycles. The highest BCUT2D eigenvalue weighted by Crippen LogP contribution is 2.32. The van der Waals surface area contributed by atoms with Gasteiger partial charge in [-0.2, -0.15) is 0 Å². The van der Waals surface area contributed by atoms with Crippen LogP contribution in [0.25, 0.3) is 0 Å². The average molecular weight is 372 g/mol. The Bertz CT molecular complexity index is 680. The molecular formula is C21H28N2O4. The minimum absolute atomic E-state index is 0.368. The zero-order valence-corrected chi connectivity index (χ0v) is 15.7. The number of carbonyl (C=O) groups excluding carboxylic acids is 3. The van der Waals surface area contributed by atoms with Crippen LogP contribution in [-0.4, -0.2) is 41.9 Å². The van der Waals surface area contributed by atoms with Crippen LogP contribution in [0.15, 0.2) is 24.3 Å². The van der Waals surface area contributed by atoms with Crippen molar-refractivity contribution in [1.82, 2.24) is 4.90 Å². The number of benzene rings is 1. The number of esters is 1. The Morgan fingerprint density at radius 1 is 0.963 bits per heavy atom. The first kappa shape index (κ1) is 19.4. The monoisotopic (exact) mass is 372 g/mol. The van der Waals surface area contributed by atoms with Crippen molar-refractivity contribution in [2.45, 2.75) is 63.3 Å². The standard InChI is InChI=1S/C21H28N2O4/c22-20(25)18-8-4-5-13-23(18)19(24)14-27-21(26)17-11-9-16(10-12-17)15-6-2-1-3-7-15/h9-12,15,18H,1-8,13-14H2,(H2,22,25)/t18-/m0/s1. The van der Waals surface area contributed by atoms with Gasteiger partial charge in [-0.15, -0.1) is 0 Å². The lowest BCUT2D eigenvalue weighted by molar-refractivity contribution is -0.143. The molecule has 3 rings (SSSR count). The molecule has 0 bridgehead atoms. The van der Waals surface area contributed by atoms with Gasteiger partial charge in [0.2, 0.25) is 5.91 Å². The molecule has 1 saturated carbocycles. The minimum atomic E-state index is -0.597. The molecule has 1 aromatic rings. The van der Waals surface area contributed by atoms with Crippen molar-refractivity contribution in [2.24, 2.45) is 5.73 Å². The zero-order chi connectivity index (χ0) is 19.2. The predicted molar refractivity (Wildman–Crippen MR) is 101 cm³/mol. The molecule has 1 saturated heterocycles. The SMILES string of the molecule is NC(=O)[C@@H]1CCCCN1C(=O)COC(=O)c1ccc(C2CCCCC2)cc1. The number of likely N-dealkylation sites (tertiary alicyclic amines) is 1. The molecule has 1 aromatic carbocycles. The molecule has 1 heterocycles. The highest BCUT2D eigenvalue weighted by molar-refractivity contribution is 5.92. The van der Waals surface area contributed by atoms with Gasteiger partial charge < -0.3 is 15.4 Å². The van der Waals surface area contributed by atoms with Crippen molar-refractivity contribution in [2.75, 3.05) is 13.2 Å². The van der Waals surface area contributed by atoms with Crippen LogP contribution in [0.2, 0.25) is 0 Å². The second kappa shape index (κ2) is 9.02. The third kappa shape index (κ3) is 4.87. The van der Waals surface area contributed by atoms with Crippen LogP contribution in [0.5, 0.6) is 0 Å². The summed E-state index contributed by atoms with van der Waals surface area (Å²) in [5, 5.41) is 0. The summed E-state index contributed by atoms with van der Waals surface area (Å²) in [5.74, 6) is -0.820. The molecule has 27 heavy (non-hydrogen) atoms. The van der Waals surface area contributed by atoms with E-state index >= 15 is 0 Å². The Morgan fingerprint density at radius 3 is 2.30 bits per heavy atom. The lowest BCUT2D eigenvalue weighted by Crippen LogP contribution is -2.51. The normalized spacial score (nSPS) is 20.9. The smallest absolute Gasteiger partial charge is 0.338 e. The molecule has 146 valence electrons. The predicted octanol–water partition coefficient (Wildman–Crippen LogP) is 2.76. The summed E-state index contributed by atoms with van der Waals surface area (Å²) in [4.78, 5) is 37.5. The first-order chi connectivity index (χ1) is 13.1. The second-order valence-electron chi connectivity index (χ2n) is 7.53. The van der Waals surface area contributed by atoms with E-state index in [4.69, 9.17) is 10.5 Å². The summed E-state index contributed by atoms with van der Waals surface area (Å²) < 4.78 is 5.17. The van der Waals surface area contributed by atoms with E-state index in [0.29, 0.717) is 24.4 Å². The summed E-state index contributed by atoms with van der Waals surface area (Å²) in [7, 11) is 0. The zero-order valence-electron chi connectivity index (χ0n) is 15.7. The molecule has 2 amide bonds. The number of hydrogen-bond donors (Lipinski definition) is 1. The minimum Gasteiger partial charge on any atom is -0.452 e. The van der Waals surface area contributed by atoms with Gasteiger partial charge in [-0.25, -0.2) is 4.79 Å². The maximum absolute atomic E-state index is 12.4. The number of amides is 2. The maximum atomic E-state index is 12.4. The number of rotatable bonds is 5. The number of piperidine rings is 1. The Morgan fingerprint density at radius 2 is 1.63 bits per heavy atom. The van der Waals surface area contributed by atoms with E-state index in [2.05, 4.69) is 0 Å². The molecule has 0 radical (unpaired) electrons. The fraction of sp³-hybridized carbons (Fsp3) is 0.571. The van der Waals surface area contributed by atoms with Gasteiger partial charge >= 0.3 is 5.97 Å². The van der Waals surface area contributed by atoms with Crippen LogP contribution < -0.4 is 5.73 Å². The van der Waals surface area contributed by atoms with Crippen LogP contribution in [0.4, 0.5) is 0 Å². The van der Waals surface area contributed by atoms with Crippen molar-refractivity contribution >= 4 is 17.8 Å². The Labute approximate surface area is 160 Å². The molecular weight excluding hydrogens is 344 g/mol. The molecule has 2 aliphatic rings. The number of nitrogens with two attached hydrogens (primary N) is 1. The maximum Gasteiger partial charge on any atom is 0.338 e. The third-order valence-electron chi connectivity index (χ3n) is 5.70. The number of hydrogen-bond acceptors (Lipinski definition) is 4. The van der Waals surface area contributed by atoms with E-state index in [-0.39, 0.29) is 12.5 Å². The van der Waals surface area contributed by atoms with Crippen molar-refractivity contribution in [3.63, 3.8) is 0 Å². The fourth-order valence-corrected chi connectivity index (χ4v) is 4.15. The van der Waals surface area contributed by atoms with Gasteiger partial charge in [0.05, 0.1) is 5.56 Å². The summed E-state index contributed by atoms with van der Waals surface area (Å²) in [5.41, 5.74) is 7.08. The van der Waals surface area contributed by atoms with E-state index < -0.39 is 17.9 Å². The quantitative estimate of drug-likeness (QED) is 0.805. The molecule has 0 unspecified atom stereocenters. The number of carbonyl (C=O) groups is 3. The summed E-state index contributed by atoms with van der Waals surface area (Å²) in [6.07, 6.45) is 8.50. The summed E-state index contributed by atoms with van der Waals surface area (Å²) in [6, 6.07) is 6.91. The van der Waals surface area contributed by atoms with E-state index in [1.165, 1.54) is 42.6 Å². The van der Waals surface area contributed by atoms with Crippen LogP contribution >= 0.6 is 0 Å². The average Bonchev–Trinajstić information content (AvgIpc) is 2.72. The first-order valence-corrected chi connectivity index (χ1v) is 9.92. The van der Waals surface area contributed by atoms with Crippen molar-refractivity contribution in [3.05, 3.63) is 35.4 Å². The lowest BCUT2D eigenvalue weighted by Gasteiger charge is -2.33. The van der Waals surface area contributed by atoms with Gasteiger partial charge in [0.25, 0.3) is 5.91 Å². The molecule has 0 spiro atoms. The third-order valence-corrected chi connectivity index (χ3v) is 5.70. The van der Waals surface area contributed by atoms with Gasteiger partial charge in [-0.1, -0.05) is 31.4 Å². The lowest BCUT2D eigenvalue weighted by atomic mass is 9.84. The largest absolute Gasteiger partial charge is 0.452 e. The summed E-state index contributed by atoms with van der Waals surface area (Å²) in [6.45, 7) is 0.104. The van der Waals surface area contributed by atoms with Gasteiger partial charge in [-0.05, 0) is 55.7 Å². The highest BCUT2D eigenvalue weighted by atomic mass is 16.5. The van der Waals surface area contributed by atoms with E-state index in [1.807, 2.05) is 12.1 Å². The van der Waals surface area contributed by atoms with Crippen molar-refractivity contribution in [3.8, 4) is 0 Å². The first-order valence-electron chi connectivity index (χ1n) is 9.92. The molecule has 1 aliphatic heterocycles. The van der Waals surface area contributed by atoms with E-state index in [0.717, 1.165) is 12.8 Å². The van der Waals surface area contributed by atoms with Crippen LogP contribution in [0, 0.1) is 0 Å². The van der Waals surface area contributed by atoms with Crippen LogP contribution in [-0.2, 0) is 14.3 Å². The van der Waals surface area contributed by atoms with Crippen LogP contribution in [0.1, 0.15) is 73.2 Å².